The summed E-state index contributed by atoms with van der Waals surface area (Å²) in [6.45, 7) is 3.61. The number of hydrogen-bond acceptors (Lipinski definition) is 4. The summed E-state index contributed by atoms with van der Waals surface area (Å²) in [6.07, 6.45) is 0.163. The average Bonchev–Trinajstić information content (AvgIpc) is 2.58. The van der Waals surface area contributed by atoms with Crippen molar-refractivity contribution in [3.8, 4) is 0 Å². The van der Waals surface area contributed by atoms with Crippen LogP contribution in [0.3, 0.4) is 0 Å². The van der Waals surface area contributed by atoms with Crippen LogP contribution in [-0.4, -0.2) is 53.8 Å². The number of rotatable bonds is 5. The number of carbonyl (C=O) groups is 3. The Hall–Kier alpha value is -2.37. The van der Waals surface area contributed by atoms with Crippen molar-refractivity contribution in [2.24, 2.45) is 0 Å². The molecular weight excluding hydrogens is 296 g/mol. The van der Waals surface area contributed by atoms with Crippen molar-refractivity contribution < 1.29 is 19.1 Å². The maximum absolute atomic E-state index is 12.0. The fraction of sp³-hybridized carbons (Fsp3) is 0.471. The van der Waals surface area contributed by atoms with Gasteiger partial charge in [0.25, 0.3) is 0 Å². The van der Waals surface area contributed by atoms with Gasteiger partial charge in [-0.25, -0.2) is 4.79 Å². The molecule has 0 saturated carbocycles. The number of Topliss-reactive ketones (excluding diaryl/α,β-unsaturated/α-hetero) is 1. The van der Waals surface area contributed by atoms with Crippen molar-refractivity contribution in [2.45, 2.75) is 26.4 Å². The van der Waals surface area contributed by atoms with Gasteiger partial charge in [0.1, 0.15) is 12.4 Å². The summed E-state index contributed by atoms with van der Waals surface area (Å²) in [6, 6.07) is 9.51. The second-order valence-electron chi connectivity index (χ2n) is 5.61. The highest BCUT2D eigenvalue weighted by atomic mass is 16.6. The smallest absolute Gasteiger partial charge is 0.410 e. The molecule has 1 saturated heterocycles. The van der Waals surface area contributed by atoms with Crippen LogP contribution < -0.4 is 0 Å². The van der Waals surface area contributed by atoms with Crippen molar-refractivity contribution in [1.29, 1.82) is 0 Å². The van der Waals surface area contributed by atoms with Gasteiger partial charge in [0.15, 0.2) is 0 Å². The van der Waals surface area contributed by atoms with Crippen LogP contribution in [0.2, 0.25) is 0 Å². The summed E-state index contributed by atoms with van der Waals surface area (Å²) in [5, 5.41) is 0. The summed E-state index contributed by atoms with van der Waals surface area (Å²) in [7, 11) is 0. The minimum absolute atomic E-state index is 0.0153. The van der Waals surface area contributed by atoms with E-state index in [-0.39, 0.29) is 37.2 Å². The third-order valence-corrected chi connectivity index (χ3v) is 3.79. The SMILES string of the molecule is CC(=O)CCC(=O)N1CCN(C(=O)OCc2ccccc2)CC1. The predicted octanol–water partition coefficient (Wildman–Crippen LogP) is 1.84. The lowest BCUT2D eigenvalue weighted by Crippen LogP contribution is -2.50. The van der Waals surface area contributed by atoms with Gasteiger partial charge in [0.05, 0.1) is 0 Å². The van der Waals surface area contributed by atoms with Gasteiger partial charge < -0.3 is 19.3 Å². The van der Waals surface area contributed by atoms with Gasteiger partial charge in [-0.3, -0.25) is 4.79 Å². The van der Waals surface area contributed by atoms with Crippen LogP contribution >= 0.6 is 0 Å². The van der Waals surface area contributed by atoms with Gasteiger partial charge >= 0.3 is 6.09 Å². The second-order valence-corrected chi connectivity index (χ2v) is 5.61. The molecule has 6 heteroatoms. The van der Waals surface area contributed by atoms with Crippen LogP contribution in [0, 0.1) is 0 Å². The first-order valence-electron chi connectivity index (χ1n) is 7.79. The topological polar surface area (TPSA) is 66.9 Å². The Morgan fingerprint density at radius 3 is 2.17 bits per heavy atom. The summed E-state index contributed by atoms with van der Waals surface area (Å²) in [5.41, 5.74) is 0.943. The number of ketones is 1. The third-order valence-electron chi connectivity index (χ3n) is 3.79. The molecule has 0 aliphatic carbocycles. The first-order valence-corrected chi connectivity index (χ1v) is 7.79. The molecule has 124 valence electrons. The molecule has 1 fully saturated rings. The number of benzene rings is 1. The quantitative estimate of drug-likeness (QED) is 0.831. The number of piperazine rings is 1. The summed E-state index contributed by atoms with van der Waals surface area (Å²) in [5.74, 6) is -0.0148. The van der Waals surface area contributed by atoms with Gasteiger partial charge in [-0.1, -0.05) is 30.3 Å². The van der Waals surface area contributed by atoms with Crippen LogP contribution in [0.4, 0.5) is 4.79 Å². The second kappa shape index (κ2) is 8.31. The maximum Gasteiger partial charge on any atom is 0.410 e. The molecular formula is C17H22N2O4. The molecule has 0 N–H and O–H groups in total. The lowest BCUT2D eigenvalue weighted by Gasteiger charge is -2.34. The normalized spacial score (nSPS) is 14.5. The zero-order valence-electron chi connectivity index (χ0n) is 13.4. The zero-order chi connectivity index (χ0) is 16.7. The molecule has 1 heterocycles. The van der Waals surface area contributed by atoms with Crippen LogP contribution in [0.25, 0.3) is 0 Å². The molecule has 1 aliphatic heterocycles. The van der Waals surface area contributed by atoms with Crippen LogP contribution in [0.5, 0.6) is 0 Å². The number of carbonyl (C=O) groups excluding carboxylic acids is 3. The Balaban J connectivity index is 1.72. The Kier molecular flexibility index (Phi) is 6.14. The maximum atomic E-state index is 12.0. The van der Waals surface area contributed by atoms with E-state index in [2.05, 4.69) is 0 Å². The van der Waals surface area contributed by atoms with Gasteiger partial charge in [0.2, 0.25) is 5.91 Å². The molecule has 0 spiro atoms. The first kappa shape index (κ1) is 17.0. The number of hydrogen-bond donors (Lipinski definition) is 0. The fourth-order valence-electron chi connectivity index (χ4n) is 2.39. The third kappa shape index (κ3) is 5.39. The minimum Gasteiger partial charge on any atom is -0.445 e. The van der Waals surface area contributed by atoms with E-state index >= 15 is 0 Å². The monoisotopic (exact) mass is 318 g/mol. The molecule has 0 aromatic heterocycles. The Bertz CT molecular complexity index is 551. The van der Waals surface area contributed by atoms with Crippen LogP contribution in [-0.2, 0) is 20.9 Å². The fourth-order valence-corrected chi connectivity index (χ4v) is 2.39. The molecule has 1 aliphatic rings. The van der Waals surface area contributed by atoms with Crippen molar-refractivity contribution in [3.63, 3.8) is 0 Å². The van der Waals surface area contributed by atoms with Crippen molar-refractivity contribution in [1.82, 2.24) is 9.80 Å². The number of ether oxygens (including phenoxy) is 1. The van der Waals surface area contributed by atoms with E-state index in [9.17, 15) is 14.4 Å². The molecule has 0 bridgehead atoms. The van der Waals surface area contributed by atoms with Crippen molar-refractivity contribution in [3.05, 3.63) is 35.9 Å². The van der Waals surface area contributed by atoms with E-state index in [1.54, 1.807) is 9.80 Å². The highest BCUT2D eigenvalue weighted by molar-refractivity contribution is 5.83. The molecule has 6 nitrogen and oxygen atoms in total. The Labute approximate surface area is 136 Å². The van der Waals surface area contributed by atoms with E-state index < -0.39 is 0 Å². The molecule has 0 radical (unpaired) electrons. The van der Waals surface area contributed by atoms with E-state index in [1.165, 1.54) is 6.92 Å². The molecule has 2 rings (SSSR count). The van der Waals surface area contributed by atoms with E-state index in [0.29, 0.717) is 26.2 Å². The van der Waals surface area contributed by atoms with E-state index in [1.807, 2.05) is 30.3 Å². The van der Waals surface area contributed by atoms with Gasteiger partial charge in [0, 0.05) is 39.0 Å². The standard InChI is InChI=1S/C17H22N2O4/c1-14(20)7-8-16(21)18-9-11-19(12-10-18)17(22)23-13-15-5-3-2-4-6-15/h2-6H,7-13H2,1H3. The van der Waals surface area contributed by atoms with Crippen LogP contribution in [0.15, 0.2) is 30.3 Å². The summed E-state index contributed by atoms with van der Waals surface area (Å²) >= 11 is 0. The lowest BCUT2D eigenvalue weighted by molar-refractivity contribution is -0.134. The average molecular weight is 318 g/mol. The van der Waals surface area contributed by atoms with Crippen molar-refractivity contribution >= 4 is 17.8 Å². The lowest BCUT2D eigenvalue weighted by atomic mass is 10.2. The highest BCUT2D eigenvalue weighted by Gasteiger charge is 2.24. The minimum atomic E-state index is -0.357. The molecule has 1 aromatic carbocycles. The molecule has 0 unspecified atom stereocenters. The zero-order valence-corrected chi connectivity index (χ0v) is 13.4. The van der Waals surface area contributed by atoms with E-state index in [4.69, 9.17) is 4.74 Å². The largest absolute Gasteiger partial charge is 0.445 e. The molecule has 1 aromatic rings. The molecule has 0 atom stereocenters. The van der Waals surface area contributed by atoms with Gasteiger partial charge in [-0.15, -0.1) is 0 Å². The van der Waals surface area contributed by atoms with Gasteiger partial charge in [-0.05, 0) is 12.5 Å². The number of amides is 2. The van der Waals surface area contributed by atoms with Gasteiger partial charge in [-0.2, -0.15) is 0 Å². The Morgan fingerprint density at radius 1 is 0.957 bits per heavy atom. The number of nitrogens with zero attached hydrogens (tertiary/aromatic N) is 2. The summed E-state index contributed by atoms with van der Waals surface area (Å²) < 4.78 is 5.28. The predicted molar refractivity (Wildman–Crippen MR) is 84.7 cm³/mol. The Morgan fingerprint density at radius 2 is 1.57 bits per heavy atom. The van der Waals surface area contributed by atoms with E-state index in [0.717, 1.165) is 5.56 Å². The summed E-state index contributed by atoms with van der Waals surface area (Å²) in [4.78, 5) is 38.2. The highest BCUT2D eigenvalue weighted by Crippen LogP contribution is 2.08. The molecule has 2 amide bonds. The first-order chi connectivity index (χ1) is 11.1. The van der Waals surface area contributed by atoms with Crippen molar-refractivity contribution in [2.75, 3.05) is 26.2 Å². The molecule has 23 heavy (non-hydrogen) atoms. The van der Waals surface area contributed by atoms with Crippen LogP contribution in [0.1, 0.15) is 25.3 Å².